The molecule has 2 aromatic rings. The molecule has 22 heavy (non-hydrogen) atoms. The van der Waals surface area contributed by atoms with Crippen LogP contribution in [0.3, 0.4) is 0 Å². The second-order valence-corrected chi connectivity index (χ2v) is 5.66. The molecule has 4 nitrogen and oxygen atoms in total. The molecule has 0 fully saturated rings. The molecule has 0 saturated carbocycles. The smallest absolute Gasteiger partial charge is 0.323 e. The molecule has 1 aliphatic heterocycles. The van der Waals surface area contributed by atoms with Gasteiger partial charge in [0, 0.05) is 17.1 Å². The van der Waals surface area contributed by atoms with Crippen molar-refractivity contribution in [2.75, 3.05) is 11.4 Å². The Hall–Kier alpha value is -2.33. The number of amides is 1. The Morgan fingerprint density at radius 2 is 1.91 bits per heavy atom. The first-order chi connectivity index (χ1) is 10.5. The van der Waals surface area contributed by atoms with Crippen molar-refractivity contribution in [2.45, 2.75) is 12.8 Å². The van der Waals surface area contributed by atoms with Crippen LogP contribution in [0.15, 0.2) is 42.5 Å². The van der Waals surface area contributed by atoms with Gasteiger partial charge in [0.1, 0.15) is 6.54 Å². The van der Waals surface area contributed by atoms with Crippen molar-refractivity contribution < 1.29 is 14.7 Å². The van der Waals surface area contributed by atoms with E-state index in [2.05, 4.69) is 0 Å². The summed E-state index contributed by atoms with van der Waals surface area (Å²) in [5, 5.41) is 9.63. The zero-order chi connectivity index (χ0) is 15.7. The fraction of sp³-hybridized carbons (Fsp3) is 0.176. The number of fused-ring (bicyclic) bond motifs is 1. The van der Waals surface area contributed by atoms with Crippen LogP contribution in [0.5, 0.6) is 0 Å². The summed E-state index contributed by atoms with van der Waals surface area (Å²) in [4.78, 5) is 24.2. The number of hydrogen-bond acceptors (Lipinski definition) is 2. The summed E-state index contributed by atoms with van der Waals surface area (Å²) in [5.74, 6) is -1.16. The van der Waals surface area contributed by atoms with Crippen LogP contribution in [0.25, 0.3) is 11.1 Å². The molecule has 0 atom stereocenters. The van der Waals surface area contributed by atoms with Gasteiger partial charge in [0.25, 0.3) is 0 Å². The number of benzene rings is 2. The van der Waals surface area contributed by atoms with Crippen molar-refractivity contribution in [1.29, 1.82) is 0 Å². The molecule has 3 rings (SSSR count). The normalized spacial score (nSPS) is 13.9. The molecule has 0 aromatic heterocycles. The average molecular weight is 316 g/mol. The first-order valence-electron chi connectivity index (χ1n) is 6.95. The molecule has 0 radical (unpaired) electrons. The number of carbonyl (C=O) groups excluding carboxylic acids is 1. The number of carboxylic acids is 1. The van der Waals surface area contributed by atoms with Crippen LogP contribution in [0, 0.1) is 0 Å². The molecular weight excluding hydrogens is 302 g/mol. The highest BCUT2D eigenvalue weighted by atomic mass is 35.5. The number of nitrogens with zero attached hydrogens (tertiary/aromatic N) is 1. The SMILES string of the molecule is O=C(O)CN1C(=O)CCc2cc(-c3cccc(Cl)c3)ccc21. The van der Waals surface area contributed by atoms with E-state index in [-0.39, 0.29) is 12.5 Å². The van der Waals surface area contributed by atoms with E-state index in [1.807, 2.05) is 42.5 Å². The monoisotopic (exact) mass is 315 g/mol. The lowest BCUT2D eigenvalue weighted by molar-refractivity contribution is -0.136. The Labute approximate surface area is 132 Å². The van der Waals surface area contributed by atoms with Gasteiger partial charge in [-0.1, -0.05) is 29.8 Å². The summed E-state index contributed by atoms with van der Waals surface area (Å²) in [7, 11) is 0. The van der Waals surface area contributed by atoms with Crippen molar-refractivity contribution in [3.8, 4) is 11.1 Å². The van der Waals surface area contributed by atoms with Crippen molar-refractivity contribution in [2.24, 2.45) is 0 Å². The number of aryl methyl sites for hydroxylation is 1. The summed E-state index contributed by atoms with van der Waals surface area (Å²) in [6.45, 7) is -0.303. The molecule has 5 heteroatoms. The lowest BCUT2D eigenvalue weighted by Crippen LogP contribution is -2.38. The first-order valence-corrected chi connectivity index (χ1v) is 7.33. The van der Waals surface area contributed by atoms with Crippen LogP contribution >= 0.6 is 11.6 Å². The number of carbonyl (C=O) groups is 2. The highest BCUT2D eigenvalue weighted by Crippen LogP contribution is 2.32. The third-order valence-electron chi connectivity index (χ3n) is 3.73. The molecule has 0 spiro atoms. The van der Waals surface area contributed by atoms with Crippen LogP contribution in [0.4, 0.5) is 5.69 Å². The minimum Gasteiger partial charge on any atom is -0.480 e. The maximum absolute atomic E-state index is 11.9. The van der Waals surface area contributed by atoms with Gasteiger partial charge < -0.3 is 10.0 Å². The maximum Gasteiger partial charge on any atom is 0.323 e. The van der Waals surface area contributed by atoms with Gasteiger partial charge >= 0.3 is 5.97 Å². The highest BCUT2D eigenvalue weighted by molar-refractivity contribution is 6.30. The number of carboxylic acid groups (broad SMARTS) is 1. The molecule has 0 bridgehead atoms. The van der Waals surface area contributed by atoms with Gasteiger partial charge in [0.2, 0.25) is 5.91 Å². The molecule has 2 aromatic carbocycles. The minimum absolute atomic E-state index is 0.148. The van der Waals surface area contributed by atoms with E-state index in [9.17, 15) is 9.59 Å². The second kappa shape index (κ2) is 5.81. The van der Waals surface area contributed by atoms with E-state index >= 15 is 0 Å². The van der Waals surface area contributed by atoms with E-state index in [0.29, 0.717) is 23.6 Å². The second-order valence-electron chi connectivity index (χ2n) is 5.23. The van der Waals surface area contributed by atoms with Crippen LogP contribution in [0.2, 0.25) is 5.02 Å². The summed E-state index contributed by atoms with van der Waals surface area (Å²) in [6, 6.07) is 13.3. The molecule has 0 unspecified atom stereocenters. The summed E-state index contributed by atoms with van der Waals surface area (Å²) < 4.78 is 0. The van der Waals surface area contributed by atoms with Crippen molar-refractivity contribution in [3.63, 3.8) is 0 Å². The Bertz CT molecular complexity index is 757. The molecule has 1 N–H and O–H groups in total. The van der Waals surface area contributed by atoms with Gasteiger partial charge in [-0.25, -0.2) is 0 Å². The molecule has 1 heterocycles. The Kier molecular flexibility index (Phi) is 3.86. The standard InChI is InChI=1S/C17H14ClNO3/c18-14-3-1-2-11(9-14)12-4-6-15-13(8-12)5-7-16(20)19(15)10-17(21)22/h1-4,6,8-9H,5,7,10H2,(H,21,22). The van der Waals surface area contributed by atoms with E-state index in [1.54, 1.807) is 0 Å². The van der Waals surface area contributed by atoms with Crippen molar-refractivity contribution >= 4 is 29.2 Å². The molecule has 1 aliphatic rings. The number of halogens is 1. The third-order valence-corrected chi connectivity index (χ3v) is 3.97. The summed E-state index contributed by atoms with van der Waals surface area (Å²) in [5.41, 5.74) is 3.67. The lowest BCUT2D eigenvalue weighted by atomic mass is 9.96. The number of hydrogen-bond donors (Lipinski definition) is 1. The van der Waals surface area contributed by atoms with E-state index in [4.69, 9.17) is 16.7 Å². The quantitative estimate of drug-likeness (QED) is 0.944. The van der Waals surface area contributed by atoms with Crippen LogP contribution < -0.4 is 4.90 Å². The van der Waals surface area contributed by atoms with E-state index in [1.165, 1.54) is 4.90 Å². The molecule has 0 aliphatic carbocycles. The molecule has 1 amide bonds. The molecule has 0 saturated heterocycles. The highest BCUT2D eigenvalue weighted by Gasteiger charge is 2.26. The van der Waals surface area contributed by atoms with E-state index < -0.39 is 5.97 Å². The predicted molar refractivity (Wildman–Crippen MR) is 85.2 cm³/mol. The zero-order valence-corrected chi connectivity index (χ0v) is 12.5. The largest absolute Gasteiger partial charge is 0.480 e. The summed E-state index contributed by atoms with van der Waals surface area (Å²) in [6.07, 6.45) is 0.956. The predicted octanol–water partition coefficient (Wildman–Crippen LogP) is 3.37. The fourth-order valence-corrected chi connectivity index (χ4v) is 2.91. The van der Waals surface area contributed by atoms with Crippen LogP contribution in [0.1, 0.15) is 12.0 Å². The van der Waals surface area contributed by atoms with E-state index in [0.717, 1.165) is 16.7 Å². The van der Waals surface area contributed by atoms with Crippen LogP contribution in [-0.4, -0.2) is 23.5 Å². The Morgan fingerprint density at radius 1 is 1.14 bits per heavy atom. The molecule has 112 valence electrons. The number of aliphatic carboxylic acids is 1. The number of anilines is 1. The maximum atomic E-state index is 11.9. The number of rotatable bonds is 3. The minimum atomic E-state index is -1.01. The molecular formula is C17H14ClNO3. The fourth-order valence-electron chi connectivity index (χ4n) is 2.72. The third kappa shape index (κ3) is 2.83. The van der Waals surface area contributed by atoms with Crippen molar-refractivity contribution in [3.05, 3.63) is 53.1 Å². The Morgan fingerprint density at radius 3 is 2.64 bits per heavy atom. The van der Waals surface area contributed by atoms with Gasteiger partial charge in [-0.15, -0.1) is 0 Å². The van der Waals surface area contributed by atoms with Gasteiger partial charge in [-0.2, -0.15) is 0 Å². The van der Waals surface area contributed by atoms with Gasteiger partial charge in [0.15, 0.2) is 0 Å². The zero-order valence-electron chi connectivity index (χ0n) is 11.8. The van der Waals surface area contributed by atoms with Gasteiger partial charge in [-0.3, -0.25) is 9.59 Å². The lowest BCUT2D eigenvalue weighted by Gasteiger charge is -2.28. The van der Waals surface area contributed by atoms with Gasteiger partial charge in [0.05, 0.1) is 0 Å². The average Bonchev–Trinajstić information content (AvgIpc) is 2.49. The Balaban J connectivity index is 2.00. The first kappa shape index (κ1) is 14.6. The van der Waals surface area contributed by atoms with Gasteiger partial charge in [-0.05, 0) is 47.4 Å². The topological polar surface area (TPSA) is 57.6 Å². The van der Waals surface area contributed by atoms with Crippen LogP contribution in [-0.2, 0) is 16.0 Å². The van der Waals surface area contributed by atoms with Crippen molar-refractivity contribution in [1.82, 2.24) is 0 Å². The summed E-state index contributed by atoms with van der Waals surface area (Å²) >= 11 is 6.02.